The molecule has 0 aromatic heterocycles. The molecule has 0 aromatic carbocycles. The maximum atomic E-state index is 9.77. The summed E-state index contributed by atoms with van der Waals surface area (Å²) >= 11 is 0. The van der Waals surface area contributed by atoms with Gasteiger partial charge in [0, 0.05) is 0 Å². The molecule has 5 atom stereocenters. The van der Waals surface area contributed by atoms with Gasteiger partial charge in [0.05, 0.1) is 12.2 Å². The Morgan fingerprint density at radius 1 is 1.25 bits per heavy atom. The van der Waals surface area contributed by atoms with Crippen molar-refractivity contribution in [3.63, 3.8) is 0 Å². The van der Waals surface area contributed by atoms with E-state index >= 15 is 0 Å². The second-order valence-corrected chi connectivity index (χ2v) is 4.06. The lowest BCUT2D eigenvalue weighted by atomic mass is 9.71. The number of hydrogen-bond acceptors (Lipinski definition) is 2. The summed E-state index contributed by atoms with van der Waals surface area (Å²) in [5, 5.41) is 19.4. The van der Waals surface area contributed by atoms with Crippen molar-refractivity contribution in [3.8, 4) is 0 Å². The maximum Gasteiger partial charge on any atom is 0.0573 e. The quantitative estimate of drug-likeness (QED) is 0.582. The average Bonchev–Trinajstić information content (AvgIpc) is 2.08. The van der Waals surface area contributed by atoms with Crippen LogP contribution in [0, 0.1) is 24.7 Å². The van der Waals surface area contributed by atoms with Crippen molar-refractivity contribution in [2.45, 2.75) is 38.9 Å². The molecule has 5 unspecified atom stereocenters. The summed E-state index contributed by atoms with van der Waals surface area (Å²) in [7, 11) is 0. The Balaban J connectivity index is 2.63. The van der Waals surface area contributed by atoms with E-state index in [1.807, 2.05) is 13.8 Å². The molecule has 12 heavy (non-hydrogen) atoms. The lowest BCUT2D eigenvalue weighted by Crippen LogP contribution is -2.43. The summed E-state index contributed by atoms with van der Waals surface area (Å²) in [5.74, 6) is 0.592. The molecule has 0 heterocycles. The fourth-order valence-electron chi connectivity index (χ4n) is 2.04. The molecule has 1 rings (SSSR count). The number of hydrogen-bond donors (Lipinski definition) is 2. The Labute approximate surface area is 74.6 Å². The van der Waals surface area contributed by atoms with E-state index in [0.29, 0.717) is 6.42 Å². The SMILES string of the molecule is [CH2-]CC1CC(O)C(C)C(C)C1O. The molecule has 1 aliphatic rings. The van der Waals surface area contributed by atoms with Gasteiger partial charge in [-0.15, -0.1) is 0 Å². The van der Waals surface area contributed by atoms with Crippen molar-refractivity contribution in [3.05, 3.63) is 6.92 Å². The van der Waals surface area contributed by atoms with Crippen LogP contribution in [0.25, 0.3) is 0 Å². The van der Waals surface area contributed by atoms with E-state index in [0.717, 1.165) is 6.42 Å². The molecule has 0 bridgehead atoms. The van der Waals surface area contributed by atoms with Crippen LogP contribution in [-0.2, 0) is 0 Å². The Hall–Kier alpha value is -0.0800. The lowest BCUT2D eigenvalue weighted by Gasteiger charge is -2.41. The first-order valence-electron chi connectivity index (χ1n) is 4.73. The molecule has 0 radical (unpaired) electrons. The van der Waals surface area contributed by atoms with Crippen molar-refractivity contribution in [1.29, 1.82) is 0 Å². The first-order valence-corrected chi connectivity index (χ1v) is 4.73. The van der Waals surface area contributed by atoms with E-state index in [1.165, 1.54) is 0 Å². The van der Waals surface area contributed by atoms with Crippen LogP contribution in [-0.4, -0.2) is 22.4 Å². The first-order chi connectivity index (χ1) is 5.57. The molecule has 0 amide bonds. The van der Waals surface area contributed by atoms with Gasteiger partial charge in [-0.3, -0.25) is 0 Å². The molecule has 1 aliphatic carbocycles. The van der Waals surface area contributed by atoms with Crippen LogP contribution in [0.4, 0.5) is 0 Å². The van der Waals surface area contributed by atoms with Crippen LogP contribution in [0.2, 0.25) is 0 Å². The summed E-state index contributed by atoms with van der Waals surface area (Å²) < 4.78 is 0. The van der Waals surface area contributed by atoms with E-state index in [1.54, 1.807) is 0 Å². The van der Waals surface area contributed by atoms with Crippen LogP contribution < -0.4 is 0 Å². The van der Waals surface area contributed by atoms with E-state index in [2.05, 4.69) is 6.92 Å². The second-order valence-electron chi connectivity index (χ2n) is 4.06. The number of rotatable bonds is 1. The molecule has 2 nitrogen and oxygen atoms in total. The predicted octanol–water partition coefficient (Wildman–Crippen LogP) is 1.22. The molecule has 2 N–H and O–H groups in total. The molecule has 2 heteroatoms. The van der Waals surface area contributed by atoms with Crippen LogP contribution >= 0.6 is 0 Å². The Kier molecular flexibility index (Phi) is 3.13. The van der Waals surface area contributed by atoms with Gasteiger partial charge in [0.2, 0.25) is 0 Å². The molecule has 0 aliphatic heterocycles. The smallest absolute Gasteiger partial charge is 0.0573 e. The van der Waals surface area contributed by atoms with E-state index in [4.69, 9.17) is 0 Å². The fourth-order valence-corrected chi connectivity index (χ4v) is 2.04. The minimum atomic E-state index is -0.277. The molecule has 0 spiro atoms. The molecular weight excluding hydrogens is 152 g/mol. The molecular formula is C10H19O2-. The van der Waals surface area contributed by atoms with Crippen LogP contribution in [0.1, 0.15) is 26.7 Å². The second kappa shape index (κ2) is 3.75. The summed E-state index contributed by atoms with van der Waals surface area (Å²) in [6.07, 6.45) is 0.891. The van der Waals surface area contributed by atoms with Gasteiger partial charge >= 0.3 is 0 Å². The van der Waals surface area contributed by atoms with Gasteiger partial charge in [0.25, 0.3) is 0 Å². The third-order valence-corrected chi connectivity index (χ3v) is 3.37. The molecule has 0 aromatic rings. The summed E-state index contributed by atoms with van der Waals surface area (Å²) in [6, 6.07) is 0. The zero-order chi connectivity index (χ0) is 9.30. The fraction of sp³-hybridized carbons (Fsp3) is 0.900. The Morgan fingerprint density at radius 2 is 1.83 bits per heavy atom. The standard InChI is InChI=1S/C10H19O2/c1-4-8-5-9(11)6(2)7(3)10(8)12/h6-12H,1,4-5H2,2-3H3/q-1. The van der Waals surface area contributed by atoms with E-state index < -0.39 is 0 Å². The largest absolute Gasteiger partial charge is 0.393 e. The Morgan fingerprint density at radius 3 is 2.33 bits per heavy atom. The highest BCUT2D eigenvalue weighted by atomic mass is 16.3. The average molecular weight is 171 g/mol. The van der Waals surface area contributed by atoms with Crippen molar-refractivity contribution < 1.29 is 10.2 Å². The number of aliphatic hydroxyl groups is 2. The highest BCUT2D eigenvalue weighted by Crippen LogP contribution is 2.35. The molecule has 1 fully saturated rings. The normalized spacial score (nSPS) is 49.2. The van der Waals surface area contributed by atoms with Gasteiger partial charge in [-0.05, 0) is 24.2 Å². The van der Waals surface area contributed by atoms with Gasteiger partial charge in [-0.2, -0.15) is 6.42 Å². The van der Waals surface area contributed by atoms with Crippen LogP contribution in [0.5, 0.6) is 0 Å². The third kappa shape index (κ3) is 1.64. The van der Waals surface area contributed by atoms with Gasteiger partial charge in [0.15, 0.2) is 0 Å². The monoisotopic (exact) mass is 171 g/mol. The highest BCUT2D eigenvalue weighted by molar-refractivity contribution is 4.88. The molecule has 1 saturated carbocycles. The highest BCUT2D eigenvalue weighted by Gasteiger charge is 2.36. The van der Waals surface area contributed by atoms with Gasteiger partial charge in [0.1, 0.15) is 0 Å². The van der Waals surface area contributed by atoms with E-state index in [-0.39, 0.29) is 30.0 Å². The summed E-state index contributed by atoms with van der Waals surface area (Å²) in [6.45, 7) is 7.78. The van der Waals surface area contributed by atoms with Crippen molar-refractivity contribution in [2.24, 2.45) is 17.8 Å². The zero-order valence-electron chi connectivity index (χ0n) is 7.90. The first kappa shape index (κ1) is 10.0. The predicted molar refractivity (Wildman–Crippen MR) is 48.4 cm³/mol. The molecule has 0 saturated heterocycles. The summed E-state index contributed by atoms with van der Waals surface area (Å²) in [5.41, 5.74) is 0. The topological polar surface area (TPSA) is 40.5 Å². The van der Waals surface area contributed by atoms with Crippen molar-refractivity contribution in [1.82, 2.24) is 0 Å². The summed E-state index contributed by atoms with van der Waals surface area (Å²) in [4.78, 5) is 0. The minimum Gasteiger partial charge on any atom is -0.393 e. The van der Waals surface area contributed by atoms with Crippen LogP contribution in [0.3, 0.4) is 0 Å². The zero-order valence-corrected chi connectivity index (χ0v) is 7.90. The lowest BCUT2D eigenvalue weighted by molar-refractivity contribution is -0.0661. The van der Waals surface area contributed by atoms with Gasteiger partial charge < -0.3 is 17.1 Å². The Bertz CT molecular complexity index is 142. The van der Waals surface area contributed by atoms with Gasteiger partial charge in [-0.1, -0.05) is 13.8 Å². The van der Waals surface area contributed by atoms with Crippen LogP contribution in [0.15, 0.2) is 0 Å². The maximum absolute atomic E-state index is 9.77. The minimum absolute atomic E-state index is 0.186. The van der Waals surface area contributed by atoms with Crippen molar-refractivity contribution in [2.75, 3.05) is 0 Å². The van der Waals surface area contributed by atoms with E-state index in [9.17, 15) is 10.2 Å². The van der Waals surface area contributed by atoms with Gasteiger partial charge in [-0.25, -0.2) is 0 Å². The number of aliphatic hydroxyl groups excluding tert-OH is 2. The third-order valence-electron chi connectivity index (χ3n) is 3.37. The van der Waals surface area contributed by atoms with Crippen molar-refractivity contribution >= 4 is 0 Å². The molecule has 72 valence electrons.